The van der Waals surface area contributed by atoms with Crippen molar-refractivity contribution in [1.29, 1.82) is 0 Å². The molecule has 7 nitrogen and oxygen atoms in total. The van der Waals surface area contributed by atoms with Crippen LogP contribution < -0.4 is 14.8 Å². The van der Waals surface area contributed by atoms with Gasteiger partial charge in [0.15, 0.2) is 11.5 Å². The van der Waals surface area contributed by atoms with Crippen molar-refractivity contribution >= 4 is 11.8 Å². The monoisotopic (exact) mass is 413 g/mol. The van der Waals surface area contributed by atoms with Crippen molar-refractivity contribution in [1.82, 2.24) is 25.5 Å². The fraction of sp³-hybridized carbons (Fsp3) is 0.381. The molecule has 0 unspecified atom stereocenters. The van der Waals surface area contributed by atoms with E-state index < -0.39 is 0 Å². The Morgan fingerprint density at radius 3 is 2.69 bits per heavy atom. The van der Waals surface area contributed by atoms with Crippen LogP contribution in [0, 0.1) is 0 Å². The van der Waals surface area contributed by atoms with E-state index in [0.717, 1.165) is 53.2 Å². The fourth-order valence-electron chi connectivity index (χ4n) is 2.71. The van der Waals surface area contributed by atoms with E-state index in [1.807, 2.05) is 49.4 Å². The Balaban J connectivity index is 1.48. The first-order valence-electron chi connectivity index (χ1n) is 9.87. The minimum atomic E-state index is 0.617. The maximum absolute atomic E-state index is 5.76. The van der Waals surface area contributed by atoms with Crippen LogP contribution in [0.15, 0.2) is 53.7 Å². The van der Waals surface area contributed by atoms with Gasteiger partial charge >= 0.3 is 0 Å². The van der Waals surface area contributed by atoms with Crippen molar-refractivity contribution in [3.63, 3.8) is 0 Å². The quantitative estimate of drug-likeness (QED) is 0.358. The van der Waals surface area contributed by atoms with Crippen LogP contribution in [0.4, 0.5) is 0 Å². The van der Waals surface area contributed by atoms with E-state index in [9.17, 15) is 0 Å². The Bertz CT molecular complexity index is 873. The smallest absolute Gasteiger partial charge is 0.214 e. The van der Waals surface area contributed by atoms with Crippen LogP contribution in [-0.4, -0.2) is 45.7 Å². The van der Waals surface area contributed by atoms with Gasteiger partial charge in [0.25, 0.3) is 0 Å². The summed E-state index contributed by atoms with van der Waals surface area (Å²) in [6.45, 7) is 6.98. The Labute approximate surface area is 175 Å². The number of benzene rings is 2. The van der Waals surface area contributed by atoms with E-state index in [4.69, 9.17) is 9.47 Å². The third kappa shape index (κ3) is 6.20. The van der Waals surface area contributed by atoms with Crippen LogP contribution in [0.2, 0.25) is 0 Å². The van der Waals surface area contributed by atoms with Gasteiger partial charge in [0.2, 0.25) is 5.16 Å². The molecular weight excluding hydrogens is 386 g/mol. The summed E-state index contributed by atoms with van der Waals surface area (Å²) in [5.74, 6) is 2.47. The van der Waals surface area contributed by atoms with Crippen molar-refractivity contribution < 1.29 is 9.47 Å². The van der Waals surface area contributed by atoms with E-state index in [0.29, 0.717) is 13.2 Å². The molecule has 1 N–H and O–H groups in total. The molecule has 0 aliphatic rings. The Hall–Kier alpha value is -2.58. The summed E-state index contributed by atoms with van der Waals surface area (Å²) in [6, 6.07) is 16.0. The number of tetrazole rings is 1. The first-order valence-corrected chi connectivity index (χ1v) is 10.9. The third-order valence-corrected chi connectivity index (χ3v) is 4.97. The lowest BCUT2D eigenvalue weighted by atomic mass is 10.2. The highest BCUT2D eigenvalue weighted by Gasteiger charge is 2.09. The molecule has 0 bridgehead atoms. The van der Waals surface area contributed by atoms with Crippen LogP contribution in [0.5, 0.6) is 11.5 Å². The van der Waals surface area contributed by atoms with Gasteiger partial charge in [-0.1, -0.05) is 43.0 Å². The minimum Gasteiger partial charge on any atom is -0.490 e. The van der Waals surface area contributed by atoms with Gasteiger partial charge in [0.05, 0.1) is 18.9 Å². The first-order chi connectivity index (χ1) is 14.3. The van der Waals surface area contributed by atoms with Crippen molar-refractivity contribution in [3.05, 3.63) is 54.1 Å². The molecule has 3 aromatic rings. The SMILES string of the molecule is CCCOc1ccc(CNCCSc2nnnn2-c2ccccc2)cc1OCC. The van der Waals surface area contributed by atoms with Crippen molar-refractivity contribution in [2.24, 2.45) is 0 Å². The maximum atomic E-state index is 5.76. The summed E-state index contributed by atoms with van der Waals surface area (Å²) in [5, 5.41) is 16.2. The molecule has 0 atom stereocenters. The van der Waals surface area contributed by atoms with Gasteiger partial charge in [-0.3, -0.25) is 0 Å². The zero-order valence-electron chi connectivity index (χ0n) is 16.9. The van der Waals surface area contributed by atoms with Crippen LogP contribution in [0.1, 0.15) is 25.8 Å². The van der Waals surface area contributed by atoms with E-state index >= 15 is 0 Å². The largest absolute Gasteiger partial charge is 0.490 e. The molecule has 0 radical (unpaired) electrons. The van der Waals surface area contributed by atoms with E-state index in [2.05, 4.69) is 33.8 Å². The second kappa shape index (κ2) is 11.4. The van der Waals surface area contributed by atoms with E-state index in [-0.39, 0.29) is 0 Å². The maximum Gasteiger partial charge on any atom is 0.214 e. The van der Waals surface area contributed by atoms with Crippen LogP contribution in [-0.2, 0) is 6.54 Å². The van der Waals surface area contributed by atoms with Crippen molar-refractivity contribution in [2.45, 2.75) is 32.0 Å². The second-order valence-electron chi connectivity index (χ2n) is 6.30. The van der Waals surface area contributed by atoms with Gasteiger partial charge in [-0.2, -0.15) is 4.68 Å². The lowest BCUT2D eigenvalue weighted by Gasteiger charge is -2.13. The summed E-state index contributed by atoms with van der Waals surface area (Å²) in [5.41, 5.74) is 2.12. The molecule has 154 valence electrons. The molecule has 0 spiro atoms. The molecule has 2 aromatic carbocycles. The average Bonchev–Trinajstić information content (AvgIpc) is 3.22. The number of para-hydroxylation sites is 1. The highest BCUT2D eigenvalue weighted by Crippen LogP contribution is 2.28. The van der Waals surface area contributed by atoms with Gasteiger partial charge in [-0.05, 0) is 53.6 Å². The third-order valence-electron chi connectivity index (χ3n) is 4.05. The molecule has 8 heteroatoms. The molecular formula is C21H27N5O2S. The van der Waals surface area contributed by atoms with Crippen molar-refractivity contribution in [2.75, 3.05) is 25.5 Å². The fourth-order valence-corrected chi connectivity index (χ4v) is 3.50. The first kappa shape index (κ1) is 21.1. The topological polar surface area (TPSA) is 74.1 Å². The van der Waals surface area contributed by atoms with Gasteiger partial charge in [0.1, 0.15) is 0 Å². The van der Waals surface area contributed by atoms with Gasteiger partial charge in [-0.25, -0.2) is 0 Å². The molecule has 1 heterocycles. The van der Waals surface area contributed by atoms with Gasteiger partial charge in [-0.15, -0.1) is 5.10 Å². The summed E-state index contributed by atoms with van der Waals surface area (Å²) in [7, 11) is 0. The predicted octanol–water partition coefficient (Wildman–Crippen LogP) is 3.73. The highest BCUT2D eigenvalue weighted by molar-refractivity contribution is 7.99. The van der Waals surface area contributed by atoms with Gasteiger partial charge in [0, 0.05) is 18.8 Å². The molecule has 0 aliphatic heterocycles. The molecule has 29 heavy (non-hydrogen) atoms. The van der Waals surface area contributed by atoms with E-state index in [1.165, 1.54) is 0 Å². The number of hydrogen-bond acceptors (Lipinski definition) is 7. The van der Waals surface area contributed by atoms with E-state index in [1.54, 1.807) is 16.4 Å². The normalized spacial score (nSPS) is 10.8. The molecule has 1 aromatic heterocycles. The lowest BCUT2D eigenvalue weighted by Crippen LogP contribution is -2.17. The van der Waals surface area contributed by atoms with Crippen LogP contribution >= 0.6 is 11.8 Å². The number of nitrogens with one attached hydrogen (secondary N) is 1. The van der Waals surface area contributed by atoms with Crippen molar-refractivity contribution in [3.8, 4) is 17.2 Å². The molecule has 0 saturated carbocycles. The Kier molecular flexibility index (Phi) is 8.33. The summed E-state index contributed by atoms with van der Waals surface area (Å²) in [4.78, 5) is 0. The van der Waals surface area contributed by atoms with Crippen LogP contribution in [0.3, 0.4) is 0 Å². The second-order valence-corrected chi connectivity index (χ2v) is 7.36. The molecule has 0 saturated heterocycles. The highest BCUT2D eigenvalue weighted by atomic mass is 32.2. The molecule has 0 fully saturated rings. The summed E-state index contributed by atoms with van der Waals surface area (Å²) in [6.07, 6.45) is 0.972. The molecule has 0 aliphatic carbocycles. The number of ether oxygens (including phenoxy) is 2. The zero-order chi connectivity index (χ0) is 20.3. The number of hydrogen-bond donors (Lipinski definition) is 1. The Morgan fingerprint density at radius 2 is 1.90 bits per heavy atom. The number of nitrogens with zero attached hydrogens (tertiary/aromatic N) is 4. The number of aromatic nitrogens is 4. The number of rotatable bonds is 12. The molecule has 0 amide bonds. The Morgan fingerprint density at radius 1 is 1.03 bits per heavy atom. The lowest BCUT2D eigenvalue weighted by molar-refractivity contribution is 0.276. The average molecular weight is 414 g/mol. The zero-order valence-corrected chi connectivity index (χ0v) is 17.7. The minimum absolute atomic E-state index is 0.617. The van der Waals surface area contributed by atoms with Gasteiger partial charge < -0.3 is 14.8 Å². The predicted molar refractivity (Wildman–Crippen MR) is 115 cm³/mol. The molecule has 3 rings (SSSR count). The van der Waals surface area contributed by atoms with Crippen LogP contribution in [0.25, 0.3) is 5.69 Å². The summed E-state index contributed by atoms with van der Waals surface area (Å²) < 4.78 is 13.2. The summed E-state index contributed by atoms with van der Waals surface area (Å²) >= 11 is 1.63. The standard InChI is InChI=1S/C21H27N5O2S/c1-3-13-28-19-11-10-17(15-20(19)27-4-2)16-22-12-14-29-21-23-24-25-26(21)18-8-6-5-7-9-18/h5-11,15,22H,3-4,12-14,16H2,1-2H3. The number of thioether (sulfide) groups is 1.